The Bertz CT molecular complexity index is 479. The first-order chi connectivity index (χ1) is 9.04. The molecule has 1 aliphatic rings. The molecule has 1 aromatic carbocycles. The average molecular weight is 265 g/mol. The predicted octanol–water partition coefficient (Wildman–Crippen LogP) is 1.02. The summed E-state index contributed by atoms with van der Waals surface area (Å²) in [6.45, 7) is 4.54. The fraction of sp³-hybridized carbons (Fsp3) is 0.500. The Kier molecular flexibility index (Phi) is 3.87. The normalized spacial score (nSPS) is 20.4. The molecule has 7 heteroatoms. The van der Waals surface area contributed by atoms with E-state index < -0.39 is 0 Å². The van der Waals surface area contributed by atoms with Crippen molar-refractivity contribution in [2.75, 3.05) is 37.0 Å². The van der Waals surface area contributed by atoms with Crippen LogP contribution in [0.15, 0.2) is 18.2 Å². The van der Waals surface area contributed by atoms with Gasteiger partial charge in [-0.05, 0) is 26.1 Å². The molecule has 1 saturated heterocycles. The summed E-state index contributed by atoms with van der Waals surface area (Å²) in [6.07, 6.45) is 0. The molecule has 1 heterocycles. The molecule has 0 spiro atoms. The molecule has 0 saturated carbocycles. The third-order valence-corrected chi connectivity index (χ3v) is 3.65. The van der Waals surface area contributed by atoms with Gasteiger partial charge in [0.15, 0.2) is 0 Å². The van der Waals surface area contributed by atoms with Crippen LogP contribution in [0.5, 0.6) is 0 Å². The number of nitrogens with one attached hydrogen (secondary N) is 1. The zero-order valence-electron chi connectivity index (χ0n) is 11.2. The van der Waals surface area contributed by atoms with Crippen LogP contribution in [-0.2, 0) is 0 Å². The van der Waals surface area contributed by atoms with Gasteiger partial charge in [-0.25, -0.2) is 0 Å². The second-order valence-electron chi connectivity index (χ2n) is 4.85. The van der Waals surface area contributed by atoms with Crippen molar-refractivity contribution in [2.24, 2.45) is 5.84 Å². The van der Waals surface area contributed by atoms with Crippen molar-refractivity contribution in [3.05, 3.63) is 28.3 Å². The van der Waals surface area contributed by atoms with Gasteiger partial charge in [-0.1, -0.05) is 6.07 Å². The molecule has 1 fully saturated rings. The molecule has 0 radical (unpaired) electrons. The summed E-state index contributed by atoms with van der Waals surface area (Å²) in [5.74, 6) is 5.36. The van der Waals surface area contributed by atoms with Gasteiger partial charge in [0.1, 0.15) is 11.4 Å². The second-order valence-corrected chi connectivity index (χ2v) is 4.85. The first-order valence-corrected chi connectivity index (χ1v) is 6.23. The number of nitrogen functional groups attached to an aromatic ring is 1. The Labute approximate surface area is 112 Å². The van der Waals surface area contributed by atoms with Gasteiger partial charge in [0.05, 0.1) is 4.92 Å². The van der Waals surface area contributed by atoms with Crippen LogP contribution in [0.4, 0.5) is 17.1 Å². The molecular weight excluding hydrogens is 246 g/mol. The molecule has 1 unspecified atom stereocenters. The summed E-state index contributed by atoms with van der Waals surface area (Å²) in [6, 6.07) is 5.53. The minimum absolute atomic E-state index is 0.0433. The molecular formula is C12H19N5O2. The molecule has 1 atom stereocenters. The highest BCUT2D eigenvalue weighted by Crippen LogP contribution is 2.35. The minimum atomic E-state index is -0.381. The van der Waals surface area contributed by atoms with Gasteiger partial charge in [0.2, 0.25) is 0 Å². The smallest absolute Gasteiger partial charge is 0.316 e. The Balaban J connectivity index is 2.37. The zero-order valence-corrected chi connectivity index (χ0v) is 11.2. The third kappa shape index (κ3) is 2.61. The number of nitro benzene ring substituents is 1. The number of piperazine rings is 1. The average Bonchev–Trinajstić information content (AvgIpc) is 2.40. The number of hydrogen-bond donors (Lipinski definition) is 2. The maximum Gasteiger partial charge on any atom is 0.316 e. The van der Waals surface area contributed by atoms with Crippen molar-refractivity contribution in [1.82, 2.24) is 4.90 Å². The molecule has 0 aliphatic carbocycles. The number of nitrogens with two attached hydrogens (primary N) is 1. The molecule has 19 heavy (non-hydrogen) atoms. The largest absolute Gasteiger partial charge is 0.363 e. The summed E-state index contributed by atoms with van der Waals surface area (Å²) in [4.78, 5) is 15.2. The Morgan fingerprint density at radius 1 is 1.47 bits per heavy atom. The highest BCUT2D eigenvalue weighted by Gasteiger charge is 2.28. The number of anilines is 2. The number of para-hydroxylation sites is 1. The molecule has 7 nitrogen and oxygen atoms in total. The van der Waals surface area contributed by atoms with E-state index in [0.29, 0.717) is 17.4 Å². The lowest BCUT2D eigenvalue weighted by Crippen LogP contribution is -2.50. The van der Waals surface area contributed by atoms with Gasteiger partial charge in [0, 0.05) is 25.7 Å². The predicted molar refractivity (Wildman–Crippen MR) is 75.2 cm³/mol. The topological polar surface area (TPSA) is 87.7 Å². The maximum absolute atomic E-state index is 11.3. The number of nitrogens with zero attached hydrogens (tertiary/aromatic N) is 3. The molecule has 0 amide bonds. The highest BCUT2D eigenvalue weighted by atomic mass is 16.6. The molecule has 1 aliphatic heterocycles. The van der Waals surface area contributed by atoms with E-state index in [-0.39, 0.29) is 10.6 Å². The van der Waals surface area contributed by atoms with Crippen LogP contribution in [-0.4, -0.2) is 42.5 Å². The van der Waals surface area contributed by atoms with Crippen LogP contribution in [0.2, 0.25) is 0 Å². The highest BCUT2D eigenvalue weighted by molar-refractivity contribution is 5.76. The molecule has 1 aromatic rings. The quantitative estimate of drug-likeness (QED) is 0.482. The third-order valence-electron chi connectivity index (χ3n) is 3.65. The van der Waals surface area contributed by atoms with E-state index in [9.17, 15) is 10.1 Å². The van der Waals surface area contributed by atoms with E-state index in [2.05, 4.69) is 24.3 Å². The van der Waals surface area contributed by atoms with E-state index >= 15 is 0 Å². The lowest BCUT2D eigenvalue weighted by molar-refractivity contribution is -0.383. The number of benzene rings is 1. The summed E-state index contributed by atoms with van der Waals surface area (Å²) in [5, 5.41) is 11.3. The zero-order chi connectivity index (χ0) is 14.0. The monoisotopic (exact) mass is 265 g/mol. The SMILES string of the molecule is CC1CN(c2cccc(NN)c2[N+](=O)[O-])CCN1C. The number of hydrogen-bond acceptors (Lipinski definition) is 6. The van der Waals surface area contributed by atoms with Gasteiger partial charge in [-0.15, -0.1) is 0 Å². The summed E-state index contributed by atoms with van der Waals surface area (Å²) in [7, 11) is 2.06. The van der Waals surface area contributed by atoms with E-state index in [0.717, 1.165) is 19.6 Å². The van der Waals surface area contributed by atoms with E-state index in [1.54, 1.807) is 18.2 Å². The van der Waals surface area contributed by atoms with Crippen LogP contribution in [0.25, 0.3) is 0 Å². The Hall–Kier alpha value is -1.86. The maximum atomic E-state index is 11.3. The molecule has 3 N–H and O–H groups in total. The van der Waals surface area contributed by atoms with Crippen LogP contribution < -0.4 is 16.2 Å². The molecule has 104 valence electrons. The number of rotatable bonds is 3. The van der Waals surface area contributed by atoms with E-state index in [4.69, 9.17) is 5.84 Å². The van der Waals surface area contributed by atoms with Gasteiger partial charge >= 0.3 is 5.69 Å². The van der Waals surface area contributed by atoms with E-state index in [1.807, 2.05) is 4.90 Å². The first kappa shape index (κ1) is 13.6. The van der Waals surface area contributed by atoms with Crippen LogP contribution in [0.1, 0.15) is 6.92 Å². The summed E-state index contributed by atoms with van der Waals surface area (Å²) in [5.41, 5.74) is 3.41. The number of likely N-dealkylation sites (N-methyl/N-ethyl adjacent to an activating group) is 1. The fourth-order valence-corrected chi connectivity index (χ4v) is 2.36. The summed E-state index contributed by atoms with van der Waals surface area (Å²) < 4.78 is 0. The van der Waals surface area contributed by atoms with Crippen molar-refractivity contribution >= 4 is 17.1 Å². The fourth-order valence-electron chi connectivity index (χ4n) is 2.36. The number of nitro groups is 1. The first-order valence-electron chi connectivity index (χ1n) is 6.23. The van der Waals surface area contributed by atoms with Crippen molar-refractivity contribution in [1.29, 1.82) is 0 Å². The minimum Gasteiger partial charge on any atom is -0.363 e. The van der Waals surface area contributed by atoms with Crippen LogP contribution in [0.3, 0.4) is 0 Å². The van der Waals surface area contributed by atoms with Gasteiger partial charge in [-0.3, -0.25) is 16.0 Å². The van der Waals surface area contributed by atoms with Gasteiger partial charge < -0.3 is 15.2 Å². The van der Waals surface area contributed by atoms with Crippen molar-refractivity contribution in [3.63, 3.8) is 0 Å². The number of hydrazine groups is 1. The lowest BCUT2D eigenvalue weighted by Gasteiger charge is -2.38. The van der Waals surface area contributed by atoms with Gasteiger partial charge in [0.25, 0.3) is 0 Å². The second kappa shape index (κ2) is 5.41. The molecule has 2 rings (SSSR count). The van der Waals surface area contributed by atoms with Crippen molar-refractivity contribution in [3.8, 4) is 0 Å². The molecule has 0 bridgehead atoms. The van der Waals surface area contributed by atoms with Crippen molar-refractivity contribution in [2.45, 2.75) is 13.0 Å². The molecule has 0 aromatic heterocycles. The van der Waals surface area contributed by atoms with E-state index in [1.165, 1.54) is 0 Å². The standard InChI is InChI=1S/C12H19N5O2/c1-9-8-16(7-6-15(9)2)11-5-3-4-10(14-13)12(11)17(18)19/h3-5,9,14H,6-8,13H2,1-2H3. The summed E-state index contributed by atoms with van der Waals surface area (Å²) >= 11 is 0. The lowest BCUT2D eigenvalue weighted by atomic mass is 10.1. The van der Waals surface area contributed by atoms with Crippen molar-refractivity contribution < 1.29 is 4.92 Å². The van der Waals surface area contributed by atoms with Crippen LogP contribution >= 0.6 is 0 Å². The Morgan fingerprint density at radius 2 is 2.21 bits per heavy atom. The van der Waals surface area contributed by atoms with Gasteiger partial charge in [-0.2, -0.15) is 0 Å². The van der Waals surface area contributed by atoms with Crippen LogP contribution in [0, 0.1) is 10.1 Å². The Morgan fingerprint density at radius 3 is 2.79 bits per heavy atom.